The Hall–Kier alpha value is -3.72. The third-order valence-electron chi connectivity index (χ3n) is 5.20. The van der Waals surface area contributed by atoms with Crippen molar-refractivity contribution >= 4 is 34.2 Å². The molecule has 0 bridgehead atoms. The molecule has 0 N–H and O–H groups in total. The maximum absolute atomic E-state index is 13.1. The summed E-state index contributed by atoms with van der Waals surface area (Å²) < 4.78 is 21.2. The number of pyridine rings is 1. The van der Waals surface area contributed by atoms with Gasteiger partial charge in [0.05, 0.1) is 42.1 Å². The third kappa shape index (κ3) is 4.31. The highest BCUT2D eigenvalue weighted by atomic mass is 32.1. The Morgan fingerprint density at radius 1 is 1.03 bits per heavy atom. The minimum atomic E-state index is -0.672. The Morgan fingerprint density at radius 2 is 1.82 bits per heavy atom. The Kier molecular flexibility index (Phi) is 6.15. The Balaban J connectivity index is 1.65. The number of ketones is 1. The number of fused-ring (bicyclic) bond motifs is 1. The minimum absolute atomic E-state index is 0.237. The highest BCUT2D eigenvalue weighted by molar-refractivity contribution is 7.12. The number of methoxy groups -OCH3 is 2. The fraction of sp³-hybridized carbons (Fsp3) is 0.250. The number of carbonyl (C=O) groups is 2. The van der Waals surface area contributed by atoms with Crippen LogP contribution in [0.5, 0.6) is 11.5 Å². The quantitative estimate of drug-likeness (QED) is 0.279. The summed E-state index contributed by atoms with van der Waals surface area (Å²) in [5.74, 6) is -0.234. The Morgan fingerprint density at radius 3 is 2.48 bits per heavy atom. The number of ether oxygens (including phenoxy) is 3. The molecule has 0 spiro atoms. The monoisotopic (exact) mass is 466 g/mol. The van der Waals surface area contributed by atoms with Crippen molar-refractivity contribution in [1.29, 1.82) is 0 Å². The smallest absolute Gasteiger partial charge is 0.339 e. The van der Waals surface area contributed by atoms with E-state index in [-0.39, 0.29) is 16.8 Å². The van der Waals surface area contributed by atoms with Crippen LogP contribution in [0.1, 0.15) is 36.2 Å². The van der Waals surface area contributed by atoms with Gasteiger partial charge in [0.1, 0.15) is 11.5 Å². The molecule has 0 saturated heterocycles. The first-order chi connectivity index (χ1) is 15.8. The topological polar surface area (TPSA) is 101 Å². The summed E-state index contributed by atoms with van der Waals surface area (Å²) in [4.78, 5) is 32.6. The van der Waals surface area contributed by atoms with Crippen LogP contribution in [0.2, 0.25) is 0 Å². The predicted octanol–water partition coefficient (Wildman–Crippen LogP) is 4.93. The first-order valence-electron chi connectivity index (χ1n) is 10.1. The molecule has 0 aliphatic heterocycles. The number of Topliss-reactive ketones (excluding diaryl/α,β-unsaturated/α-hetero) is 1. The molecule has 0 fully saturated rings. The predicted molar refractivity (Wildman–Crippen MR) is 123 cm³/mol. The first-order valence-corrected chi connectivity index (χ1v) is 10.9. The first kappa shape index (κ1) is 22.5. The summed E-state index contributed by atoms with van der Waals surface area (Å²) in [6.45, 7) is 5.24. The summed E-state index contributed by atoms with van der Waals surface area (Å²) >= 11 is 1.64. The number of thiophene rings is 1. The van der Waals surface area contributed by atoms with Crippen molar-refractivity contribution < 1.29 is 28.3 Å². The molecule has 0 unspecified atom stereocenters. The third-order valence-corrected chi connectivity index (χ3v) is 6.16. The van der Waals surface area contributed by atoms with Crippen LogP contribution in [-0.4, -0.2) is 42.7 Å². The number of carbonyl (C=O) groups excluding carboxylic acids is 2. The number of rotatable bonds is 7. The zero-order valence-corrected chi connectivity index (χ0v) is 19.7. The summed E-state index contributed by atoms with van der Waals surface area (Å²) in [6, 6.07) is 8.51. The molecule has 0 aliphatic carbocycles. The van der Waals surface area contributed by atoms with E-state index < -0.39 is 18.4 Å². The second-order valence-electron chi connectivity index (χ2n) is 7.40. The van der Waals surface area contributed by atoms with Crippen LogP contribution in [0, 0.1) is 20.8 Å². The van der Waals surface area contributed by atoms with Crippen LogP contribution >= 0.6 is 11.3 Å². The van der Waals surface area contributed by atoms with Gasteiger partial charge < -0.3 is 18.7 Å². The molecule has 3 heterocycles. The van der Waals surface area contributed by atoms with E-state index in [2.05, 4.69) is 10.1 Å². The van der Waals surface area contributed by atoms with Gasteiger partial charge in [0, 0.05) is 15.3 Å². The molecule has 33 heavy (non-hydrogen) atoms. The average molecular weight is 467 g/mol. The lowest BCUT2D eigenvalue weighted by Gasteiger charge is -2.11. The van der Waals surface area contributed by atoms with E-state index in [1.54, 1.807) is 42.5 Å². The number of nitrogens with zero attached hydrogens (tertiary/aromatic N) is 2. The normalized spacial score (nSPS) is 10.9. The zero-order chi connectivity index (χ0) is 23.7. The van der Waals surface area contributed by atoms with Crippen molar-refractivity contribution in [3.05, 3.63) is 56.9 Å². The number of aromatic nitrogens is 2. The Bertz CT molecular complexity index is 1370. The standard InChI is InChI=1S/C24H22N2O6S/c1-12-8-16(14(3)33-12)19-10-18(22-13(2)26-32-23(22)25-19)24(28)31-11-20(27)17-9-15(29-4)6-7-21(17)30-5/h6-10H,11H2,1-5H3. The molecule has 4 aromatic rings. The van der Waals surface area contributed by atoms with Crippen molar-refractivity contribution in [2.24, 2.45) is 0 Å². The molecule has 3 aromatic heterocycles. The van der Waals surface area contributed by atoms with E-state index in [0.717, 1.165) is 15.3 Å². The molecule has 0 radical (unpaired) electrons. The van der Waals surface area contributed by atoms with E-state index in [0.29, 0.717) is 28.3 Å². The van der Waals surface area contributed by atoms with Crippen molar-refractivity contribution in [2.75, 3.05) is 20.8 Å². The maximum atomic E-state index is 13.1. The minimum Gasteiger partial charge on any atom is -0.497 e. The average Bonchev–Trinajstić information content (AvgIpc) is 3.36. The van der Waals surface area contributed by atoms with Crippen LogP contribution in [0.25, 0.3) is 22.4 Å². The van der Waals surface area contributed by atoms with Crippen molar-refractivity contribution in [2.45, 2.75) is 20.8 Å². The summed E-state index contributed by atoms with van der Waals surface area (Å²) in [7, 11) is 2.96. The fourth-order valence-corrected chi connectivity index (χ4v) is 4.53. The molecule has 0 atom stereocenters. The summed E-state index contributed by atoms with van der Waals surface area (Å²) in [5.41, 5.74) is 2.72. The number of aryl methyl sites for hydroxylation is 3. The van der Waals surface area contributed by atoms with Gasteiger partial charge in [-0.25, -0.2) is 9.78 Å². The van der Waals surface area contributed by atoms with E-state index in [1.165, 1.54) is 14.2 Å². The van der Waals surface area contributed by atoms with Crippen LogP contribution < -0.4 is 9.47 Å². The number of hydrogen-bond donors (Lipinski definition) is 0. The molecule has 0 aliphatic rings. The molecule has 170 valence electrons. The lowest BCUT2D eigenvalue weighted by molar-refractivity contribution is 0.0475. The Labute approximate surface area is 194 Å². The molecule has 0 amide bonds. The summed E-state index contributed by atoms with van der Waals surface area (Å²) in [6.07, 6.45) is 0. The lowest BCUT2D eigenvalue weighted by Crippen LogP contribution is -2.15. The van der Waals surface area contributed by atoms with Crippen molar-refractivity contribution in [1.82, 2.24) is 10.1 Å². The fourth-order valence-electron chi connectivity index (χ4n) is 3.60. The van der Waals surface area contributed by atoms with Crippen LogP contribution in [-0.2, 0) is 4.74 Å². The van der Waals surface area contributed by atoms with Gasteiger partial charge in [0.15, 0.2) is 6.61 Å². The van der Waals surface area contributed by atoms with Gasteiger partial charge in [-0.2, -0.15) is 0 Å². The largest absolute Gasteiger partial charge is 0.497 e. The number of esters is 1. The zero-order valence-electron chi connectivity index (χ0n) is 18.8. The molecule has 4 rings (SSSR count). The highest BCUT2D eigenvalue weighted by Gasteiger charge is 2.23. The van der Waals surface area contributed by atoms with Crippen molar-refractivity contribution in [3.63, 3.8) is 0 Å². The van der Waals surface area contributed by atoms with Gasteiger partial charge in [0.2, 0.25) is 5.78 Å². The van der Waals surface area contributed by atoms with Gasteiger partial charge >= 0.3 is 5.97 Å². The SMILES string of the molecule is COc1ccc(OC)c(C(=O)COC(=O)c2cc(-c3cc(C)sc3C)nc3onc(C)c23)c1. The van der Waals surface area contributed by atoms with Crippen molar-refractivity contribution in [3.8, 4) is 22.8 Å². The molecular formula is C24H22N2O6S. The van der Waals surface area contributed by atoms with Crippen LogP contribution in [0.4, 0.5) is 0 Å². The van der Waals surface area contributed by atoms with Gasteiger partial charge in [0.25, 0.3) is 5.71 Å². The number of benzene rings is 1. The lowest BCUT2D eigenvalue weighted by atomic mass is 10.1. The maximum Gasteiger partial charge on any atom is 0.339 e. The molecule has 9 heteroatoms. The van der Waals surface area contributed by atoms with Gasteiger partial charge in [-0.1, -0.05) is 5.16 Å². The van der Waals surface area contributed by atoms with Crippen LogP contribution in [0.15, 0.2) is 34.9 Å². The van der Waals surface area contributed by atoms with E-state index in [4.69, 9.17) is 18.7 Å². The van der Waals surface area contributed by atoms with E-state index in [1.807, 2.05) is 19.9 Å². The highest BCUT2D eigenvalue weighted by Crippen LogP contribution is 2.33. The van der Waals surface area contributed by atoms with Gasteiger partial charge in [-0.15, -0.1) is 11.3 Å². The molecule has 1 aromatic carbocycles. The second kappa shape index (κ2) is 9.03. The molecule has 8 nitrogen and oxygen atoms in total. The van der Waals surface area contributed by atoms with E-state index >= 15 is 0 Å². The van der Waals surface area contributed by atoms with Gasteiger partial charge in [-0.05, 0) is 51.1 Å². The summed E-state index contributed by atoms with van der Waals surface area (Å²) in [5, 5.41) is 4.40. The number of hydrogen-bond acceptors (Lipinski definition) is 9. The second-order valence-corrected chi connectivity index (χ2v) is 8.86. The van der Waals surface area contributed by atoms with Gasteiger partial charge in [-0.3, -0.25) is 4.79 Å². The van der Waals surface area contributed by atoms with E-state index in [9.17, 15) is 9.59 Å². The molecule has 0 saturated carbocycles. The van der Waals surface area contributed by atoms with Crippen LogP contribution in [0.3, 0.4) is 0 Å². The molecular weight excluding hydrogens is 444 g/mol.